The number of carboxylic acid groups (broad SMARTS) is 1. The van der Waals surface area contributed by atoms with Crippen LogP contribution in [0.25, 0.3) is 17.5 Å². The van der Waals surface area contributed by atoms with Crippen molar-refractivity contribution in [2.45, 2.75) is 11.8 Å². The number of aromatic nitrogens is 3. The van der Waals surface area contributed by atoms with Gasteiger partial charge in [0.1, 0.15) is 28.8 Å². The van der Waals surface area contributed by atoms with Crippen molar-refractivity contribution >= 4 is 35.4 Å². The van der Waals surface area contributed by atoms with Gasteiger partial charge in [-0.3, -0.25) is 5.10 Å². The van der Waals surface area contributed by atoms with Gasteiger partial charge in [0, 0.05) is 16.7 Å². The second kappa shape index (κ2) is 11.7. The molecule has 0 atom stereocenters. The third-order valence-electron chi connectivity index (χ3n) is 4.98. The van der Waals surface area contributed by atoms with Gasteiger partial charge in [0.2, 0.25) is 5.16 Å². The average Bonchev–Trinajstić information content (AvgIpc) is 3.36. The van der Waals surface area contributed by atoms with E-state index in [4.69, 9.17) is 25.8 Å². The zero-order valence-electron chi connectivity index (χ0n) is 19.4. The lowest BCUT2D eigenvalue weighted by Crippen LogP contribution is -1.98. The molecule has 8 nitrogen and oxygen atoms in total. The first-order valence-corrected chi connectivity index (χ1v) is 11.9. The first-order valence-electron chi connectivity index (χ1n) is 10.7. The number of nitrogens with one attached hydrogen (secondary N) is 1. The second-order valence-electron chi connectivity index (χ2n) is 7.47. The van der Waals surface area contributed by atoms with Crippen LogP contribution in [0.5, 0.6) is 17.2 Å². The van der Waals surface area contributed by atoms with E-state index in [9.17, 15) is 9.90 Å². The van der Waals surface area contributed by atoms with Crippen molar-refractivity contribution in [1.82, 2.24) is 15.2 Å². The molecule has 4 aromatic rings. The lowest BCUT2D eigenvalue weighted by molar-refractivity contribution is -0.131. The Labute approximate surface area is 216 Å². The van der Waals surface area contributed by atoms with Crippen LogP contribution in [0.2, 0.25) is 5.02 Å². The Bertz CT molecular complexity index is 1370. The van der Waals surface area contributed by atoms with E-state index < -0.39 is 5.97 Å². The van der Waals surface area contributed by atoms with E-state index in [1.165, 1.54) is 0 Å². The van der Waals surface area contributed by atoms with Crippen molar-refractivity contribution in [3.8, 4) is 28.6 Å². The highest BCUT2D eigenvalue weighted by molar-refractivity contribution is 8.04. The number of halogens is 1. The van der Waals surface area contributed by atoms with Gasteiger partial charge < -0.3 is 19.3 Å². The molecule has 0 bridgehead atoms. The summed E-state index contributed by atoms with van der Waals surface area (Å²) in [6.45, 7) is 0.361. The summed E-state index contributed by atoms with van der Waals surface area (Å²) in [6, 6.07) is 19.9. The molecule has 0 unspecified atom stereocenters. The third kappa shape index (κ3) is 6.59. The fraction of sp³-hybridized carbons (Fsp3) is 0.115. The van der Waals surface area contributed by atoms with Gasteiger partial charge in [0.15, 0.2) is 5.82 Å². The maximum atomic E-state index is 11.9. The van der Waals surface area contributed by atoms with Crippen LogP contribution in [0.15, 0.2) is 76.8 Å². The zero-order chi connectivity index (χ0) is 25.5. The van der Waals surface area contributed by atoms with Crippen molar-refractivity contribution in [2.75, 3.05) is 14.2 Å². The van der Waals surface area contributed by atoms with E-state index in [0.29, 0.717) is 45.8 Å². The van der Waals surface area contributed by atoms with Crippen molar-refractivity contribution in [3.05, 3.63) is 87.8 Å². The van der Waals surface area contributed by atoms with Crippen LogP contribution in [-0.4, -0.2) is 40.5 Å². The lowest BCUT2D eigenvalue weighted by Gasteiger charge is -2.07. The summed E-state index contributed by atoms with van der Waals surface area (Å²) in [5, 5.41) is 17.7. The van der Waals surface area contributed by atoms with Crippen molar-refractivity contribution in [3.63, 3.8) is 0 Å². The van der Waals surface area contributed by atoms with E-state index in [0.717, 1.165) is 17.3 Å². The van der Waals surface area contributed by atoms with Crippen molar-refractivity contribution in [1.29, 1.82) is 0 Å². The Hall–Kier alpha value is -3.95. The number of carbonyl (C=O) groups is 1. The number of hydrogen-bond acceptors (Lipinski definition) is 7. The monoisotopic (exact) mass is 523 g/mol. The summed E-state index contributed by atoms with van der Waals surface area (Å²) < 4.78 is 16.4. The Morgan fingerprint density at radius 3 is 2.42 bits per heavy atom. The van der Waals surface area contributed by atoms with Crippen LogP contribution in [0, 0.1) is 0 Å². The fourth-order valence-electron chi connectivity index (χ4n) is 3.19. The summed E-state index contributed by atoms with van der Waals surface area (Å²) in [4.78, 5) is 16.4. The van der Waals surface area contributed by atoms with Crippen LogP contribution in [-0.2, 0) is 11.4 Å². The molecule has 0 amide bonds. The van der Waals surface area contributed by atoms with Gasteiger partial charge >= 0.3 is 5.97 Å². The van der Waals surface area contributed by atoms with E-state index >= 15 is 0 Å². The Morgan fingerprint density at radius 1 is 1.03 bits per heavy atom. The predicted molar refractivity (Wildman–Crippen MR) is 139 cm³/mol. The number of rotatable bonds is 10. The van der Waals surface area contributed by atoms with Gasteiger partial charge in [-0.2, -0.15) is 0 Å². The normalized spacial score (nSPS) is 11.2. The number of thioether (sulfide) groups is 1. The van der Waals surface area contributed by atoms with Gasteiger partial charge in [-0.25, -0.2) is 9.78 Å². The summed E-state index contributed by atoms with van der Waals surface area (Å²) in [5.74, 6) is 1.16. The standard InChI is InChI=1S/C26H22ClN3O5S/c1-33-21-12-18(13-22(14-21)34-2)24-28-26(30-29-24)36-23(25(31)32)11-17-4-3-5-20(10-17)35-15-16-6-8-19(27)9-7-16/h3-14H,15H2,1-2H3,(H,31,32)(H,28,29,30)/b23-11-. The van der Waals surface area contributed by atoms with Crippen molar-refractivity contribution < 1.29 is 24.1 Å². The maximum absolute atomic E-state index is 11.9. The molecule has 0 fully saturated rings. The van der Waals surface area contributed by atoms with Crippen molar-refractivity contribution in [2.24, 2.45) is 0 Å². The molecule has 1 aromatic heterocycles. The minimum atomic E-state index is -1.10. The van der Waals surface area contributed by atoms with E-state index in [1.807, 2.05) is 18.2 Å². The maximum Gasteiger partial charge on any atom is 0.342 e. The highest BCUT2D eigenvalue weighted by Gasteiger charge is 2.15. The minimum Gasteiger partial charge on any atom is -0.497 e. The molecule has 0 radical (unpaired) electrons. The summed E-state index contributed by atoms with van der Waals surface area (Å²) >= 11 is 6.86. The summed E-state index contributed by atoms with van der Waals surface area (Å²) in [5.41, 5.74) is 2.33. The van der Waals surface area contributed by atoms with Gasteiger partial charge in [-0.15, -0.1) is 5.10 Å². The fourth-order valence-corrected chi connectivity index (χ4v) is 4.02. The molecular weight excluding hydrogens is 502 g/mol. The minimum absolute atomic E-state index is 0.0543. The number of H-pyrrole nitrogens is 1. The number of nitrogens with zero attached hydrogens (tertiary/aromatic N) is 2. The van der Waals surface area contributed by atoms with Gasteiger partial charge in [-0.1, -0.05) is 35.9 Å². The zero-order valence-corrected chi connectivity index (χ0v) is 21.0. The molecule has 0 spiro atoms. The highest BCUT2D eigenvalue weighted by atomic mass is 35.5. The molecule has 3 aromatic carbocycles. The second-order valence-corrected chi connectivity index (χ2v) is 8.92. The predicted octanol–water partition coefficient (Wildman–Crippen LogP) is 5.94. The van der Waals surface area contributed by atoms with Crippen LogP contribution in [0.1, 0.15) is 11.1 Å². The molecule has 1 heterocycles. The number of aliphatic carboxylic acids is 1. The van der Waals surface area contributed by atoms with Crippen LogP contribution >= 0.6 is 23.4 Å². The number of benzene rings is 3. The summed E-state index contributed by atoms with van der Waals surface area (Å²) in [6.07, 6.45) is 1.55. The molecule has 0 aliphatic heterocycles. The third-order valence-corrected chi connectivity index (χ3v) is 6.11. The van der Waals surface area contributed by atoms with E-state index in [2.05, 4.69) is 15.2 Å². The number of hydrogen-bond donors (Lipinski definition) is 2. The Kier molecular flexibility index (Phi) is 8.14. The molecule has 0 saturated carbocycles. The molecule has 10 heteroatoms. The number of methoxy groups -OCH3 is 2. The number of ether oxygens (including phenoxy) is 3. The van der Waals surface area contributed by atoms with Crippen LogP contribution < -0.4 is 14.2 Å². The molecular formula is C26H22ClN3O5S. The van der Waals surface area contributed by atoms with Crippen LogP contribution in [0.3, 0.4) is 0 Å². The molecule has 36 heavy (non-hydrogen) atoms. The van der Waals surface area contributed by atoms with Crippen LogP contribution in [0.4, 0.5) is 0 Å². The topological polar surface area (TPSA) is 107 Å². The molecule has 0 aliphatic carbocycles. The average molecular weight is 524 g/mol. The number of carboxylic acids is 1. The Balaban J connectivity index is 1.50. The van der Waals surface area contributed by atoms with Gasteiger partial charge in [-0.05, 0) is 65.4 Å². The molecule has 0 aliphatic rings. The van der Waals surface area contributed by atoms with Gasteiger partial charge in [0.05, 0.1) is 14.2 Å². The Morgan fingerprint density at radius 2 is 1.75 bits per heavy atom. The first kappa shape index (κ1) is 25.2. The quantitative estimate of drug-likeness (QED) is 0.194. The molecule has 4 rings (SSSR count). The molecule has 184 valence electrons. The number of aromatic amines is 1. The smallest absolute Gasteiger partial charge is 0.342 e. The molecule has 0 saturated heterocycles. The SMILES string of the molecule is COc1cc(OC)cc(-c2nc(S/C(=C\c3cccc(OCc4ccc(Cl)cc4)c3)C(=O)O)n[nH]2)c1. The largest absolute Gasteiger partial charge is 0.497 e. The van der Waals surface area contributed by atoms with E-state index in [1.54, 1.807) is 68.8 Å². The first-order chi connectivity index (χ1) is 17.4. The van der Waals surface area contributed by atoms with Gasteiger partial charge in [0.25, 0.3) is 0 Å². The lowest BCUT2D eigenvalue weighted by atomic mass is 10.2. The summed E-state index contributed by atoms with van der Waals surface area (Å²) in [7, 11) is 3.11. The molecule has 2 N–H and O–H groups in total. The van der Waals surface area contributed by atoms with E-state index in [-0.39, 0.29) is 10.1 Å². The highest BCUT2D eigenvalue weighted by Crippen LogP contribution is 2.31.